The van der Waals surface area contributed by atoms with E-state index in [1.54, 1.807) is 49.6 Å². The van der Waals surface area contributed by atoms with Gasteiger partial charge in [0.2, 0.25) is 11.8 Å². The lowest BCUT2D eigenvalue weighted by atomic mass is 10.2. The summed E-state index contributed by atoms with van der Waals surface area (Å²) < 4.78 is 5.14. The van der Waals surface area contributed by atoms with Crippen LogP contribution in [-0.4, -0.2) is 35.6 Å². The molecule has 0 saturated carbocycles. The molecule has 1 atom stereocenters. The summed E-state index contributed by atoms with van der Waals surface area (Å²) in [7, 11) is 1.54. The van der Waals surface area contributed by atoms with Gasteiger partial charge < -0.3 is 15.4 Å². The minimum atomic E-state index is -0.636. The van der Waals surface area contributed by atoms with Gasteiger partial charge >= 0.3 is 0 Å². The Balaban J connectivity index is 1.67. The van der Waals surface area contributed by atoms with Gasteiger partial charge in [0, 0.05) is 28.8 Å². The number of hydrogen-bond donors (Lipinski definition) is 2. The maximum absolute atomic E-state index is 12.6. The van der Waals surface area contributed by atoms with E-state index in [1.165, 1.54) is 6.21 Å². The summed E-state index contributed by atoms with van der Waals surface area (Å²) in [5.74, 6) is -0.00200. The van der Waals surface area contributed by atoms with E-state index in [9.17, 15) is 9.59 Å². The first-order valence-electron chi connectivity index (χ1n) is 8.42. The predicted molar refractivity (Wildman–Crippen MR) is 117 cm³/mol. The fraction of sp³-hybridized carbons (Fsp3) is 0.158. The number of rotatable bonds is 5. The first-order valence-corrected chi connectivity index (χ1v) is 10.1. The van der Waals surface area contributed by atoms with Gasteiger partial charge in [-0.3, -0.25) is 9.59 Å². The van der Waals surface area contributed by atoms with Crippen LogP contribution >= 0.6 is 35.0 Å². The minimum absolute atomic E-state index is 0.0339. The normalized spacial score (nSPS) is 18.0. The van der Waals surface area contributed by atoms with Crippen molar-refractivity contribution in [2.45, 2.75) is 11.7 Å². The van der Waals surface area contributed by atoms with E-state index in [1.807, 2.05) is 0 Å². The SMILES string of the molecule is COc1cccc(NC(=O)[C@H]2CC(=O)NC(=N/N=C\c3ccc(Cl)cc3Cl)S2)c1. The van der Waals surface area contributed by atoms with Crippen molar-refractivity contribution in [1.29, 1.82) is 0 Å². The summed E-state index contributed by atoms with van der Waals surface area (Å²) in [6.45, 7) is 0. The van der Waals surface area contributed by atoms with Crippen molar-refractivity contribution in [2.75, 3.05) is 12.4 Å². The molecule has 0 spiro atoms. The number of carbonyl (C=O) groups is 2. The Morgan fingerprint density at radius 2 is 2.14 bits per heavy atom. The molecule has 1 saturated heterocycles. The molecule has 2 amide bonds. The van der Waals surface area contributed by atoms with Gasteiger partial charge in [-0.05, 0) is 24.3 Å². The van der Waals surface area contributed by atoms with E-state index >= 15 is 0 Å². The molecule has 0 aromatic heterocycles. The molecule has 0 aliphatic carbocycles. The average molecular weight is 451 g/mol. The second-order valence-corrected chi connectivity index (χ2v) is 7.93. The van der Waals surface area contributed by atoms with Crippen molar-refractivity contribution in [2.24, 2.45) is 10.2 Å². The number of carbonyl (C=O) groups excluding carboxylic acids is 2. The van der Waals surface area contributed by atoms with Crippen LogP contribution in [0.2, 0.25) is 10.0 Å². The molecule has 0 bridgehead atoms. The zero-order chi connectivity index (χ0) is 20.8. The standard InChI is InChI=1S/C19H16Cl2N4O3S/c1-28-14-4-2-3-13(8-14)23-18(27)16-9-17(26)24-19(29-16)25-22-10-11-5-6-12(20)7-15(11)21/h2-8,10,16H,9H2,1H3,(H,23,27)(H,24,25,26)/b22-10-/t16-/m1/s1. The number of benzene rings is 2. The first-order chi connectivity index (χ1) is 13.9. The van der Waals surface area contributed by atoms with Crippen LogP contribution in [0, 0.1) is 0 Å². The Bertz CT molecular complexity index is 997. The van der Waals surface area contributed by atoms with E-state index < -0.39 is 5.25 Å². The molecular formula is C19H16Cl2N4O3S. The Labute approximate surface area is 181 Å². The Morgan fingerprint density at radius 1 is 1.31 bits per heavy atom. The highest BCUT2D eigenvalue weighted by Gasteiger charge is 2.30. The summed E-state index contributed by atoms with van der Waals surface area (Å²) in [6, 6.07) is 11.9. The second-order valence-electron chi connectivity index (χ2n) is 5.90. The molecule has 1 aliphatic rings. The molecule has 150 valence electrons. The molecular weight excluding hydrogens is 435 g/mol. The number of thioether (sulfide) groups is 1. The zero-order valence-corrected chi connectivity index (χ0v) is 17.5. The van der Waals surface area contributed by atoms with Crippen LogP contribution < -0.4 is 15.4 Å². The predicted octanol–water partition coefficient (Wildman–Crippen LogP) is 3.95. The number of hydrogen-bond acceptors (Lipinski definition) is 6. The highest BCUT2D eigenvalue weighted by molar-refractivity contribution is 8.15. The molecule has 29 heavy (non-hydrogen) atoms. The van der Waals surface area contributed by atoms with Crippen molar-refractivity contribution in [1.82, 2.24) is 5.32 Å². The van der Waals surface area contributed by atoms with Crippen molar-refractivity contribution in [3.8, 4) is 5.75 Å². The zero-order valence-electron chi connectivity index (χ0n) is 15.2. The number of nitrogens with one attached hydrogen (secondary N) is 2. The van der Waals surface area contributed by atoms with E-state index in [4.69, 9.17) is 27.9 Å². The van der Waals surface area contributed by atoms with Crippen LogP contribution in [0.5, 0.6) is 5.75 Å². The molecule has 7 nitrogen and oxygen atoms in total. The number of anilines is 1. The third-order valence-electron chi connectivity index (χ3n) is 3.81. The van der Waals surface area contributed by atoms with Crippen LogP contribution in [-0.2, 0) is 9.59 Å². The molecule has 10 heteroatoms. The fourth-order valence-electron chi connectivity index (χ4n) is 2.41. The summed E-state index contributed by atoms with van der Waals surface area (Å²) in [5.41, 5.74) is 1.20. The molecule has 1 aliphatic heterocycles. The van der Waals surface area contributed by atoms with Crippen LogP contribution in [0.3, 0.4) is 0 Å². The third kappa shape index (κ3) is 5.96. The maximum Gasteiger partial charge on any atom is 0.238 e. The molecule has 1 heterocycles. The molecule has 2 aromatic carbocycles. The molecule has 2 aromatic rings. The minimum Gasteiger partial charge on any atom is -0.497 e. The smallest absolute Gasteiger partial charge is 0.238 e. The van der Waals surface area contributed by atoms with Crippen molar-refractivity contribution >= 4 is 63.8 Å². The van der Waals surface area contributed by atoms with Crippen molar-refractivity contribution < 1.29 is 14.3 Å². The number of nitrogens with zero attached hydrogens (tertiary/aromatic N) is 2. The van der Waals surface area contributed by atoms with Crippen LogP contribution in [0.15, 0.2) is 52.7 Å². The van der Waals surface area contributed by atoms with Gasteiger partial charge in [-0.15, -0.1) is 5.10 Å². The van der Waals surface area contributed by atoms with Gasteiger partial charge in [-0.2, -0.15) is 5.10 Å². The van der Waals surface area contributed by atoms with E-state index in [0.29, 0.717) is 27.0 Å². The second kappa shape index (κ2) is 9.78. The molecule has 0 radical (unpaired) electrons. The number of ether oxygens (including phenoxy) is 1. The molecule has 1 fully saturated rings. The third-order valence-corrected chi connectivity index (χ3v) is 5.44. The van der Waals surface area contributed by atoms with Gasteiger partial charge in [0.05, 0.1) is 18.3 Å². The van der Waals surface area contributed by atoms with Crippen LogP contribution in [0.1, 0.15) is 12.0 Å². The largest absolute Gasteiger partial charge is 0.497 e. The lowest BCUT2D eigenvalue weighted by Crippen LogP contribution is -2.41. The number of amides is 2. The number of halogens is 2. The first kappa shape index (κ1) is 21.2. The number of amidine groups is 1. The quantitative estimate of drug-likeness (QED) is 0.532. The molecule has 2 N–H and O–H groups in total. The van der Waals surface area contributed by atoms with Crippen molar-refractivity contribution in [3.05, 3.63) is 58.1 Å². The van der Waals surface area contributed by atoms with Gasteiger partial charge in [0.1, 0.15) is 11.0 Å². The van der Waals surface area contributed by atoms with E-state index in [2.05, 4.69) is 20.8 Å². The monoisotopic (exact) mass is 450 g/mol. The Morgan fingerprint density at radius 3 is 2.90 bits per heavy atom. The Hall–Kier alpha value is -2.55. The van der Waals surface area contributed by atoms with Crippen LogP contribution in [0.4, 0.5) is 5.69 Å². The summed E-state index contributed by atoms with van der Waals surface area (Å²) >= 11 is 13.1. The van der Waals surface area contributed by atoms with Gasteiger partial charge in [-0.25, -0.2) is 0 Å². The van der Waals surface area contributed by atoms with Gasteiger partial charge in [-0.1, -0.05) is 47.1 Å². The summed E-state index contributed by atoms with van der Waals surface area (Å²) in [5, 5.41) is 13.8. The molecule has 0 unspecified atom stereocenters. The van der Waals surface area contributed by atoms with Gasteiger partial charge in [0.15, 0.2) is 5.17 Å². The lowest BCUT2D eigenvalue weighted by molar-refractivity contribution is -0.123. The van der Waals surface area contributed by atoms with Crippen molar-refractivity contribution in [3.63, 3.8) is 0 Å². The number of methoxy groups -OCH3 is 1. The highest BCUT2D eigenvalue weighted by Crippen LogP contribution is 2.24. The fourth-order valence-corrected chi connectivity index (χ4v) is 3.81. The van der Waals surface area contributed by atoms with Crippen LogP contribution in [0.25, 0.3) is 0 Å². The van der Waals surface area contributed by atoms with E-state index in [0.717, 1.165) is 11.8 Å². The Kier molecular flexibility index (Phi) is 7.13. The topological polar surface area (TPSA) is 92.1 Å². The molecule has 3 rings (SSSR count). The average Bonchev–Trinajstić information content (AvgIpc) is 2.69. The van der Waals surface area contributed by atoms with Gasteiger partial charge in [0.25, 0.3) is 0 Å². The highest BCUT2D eigenvalue weighted by atomic mass is 35.5. The summed E-state index contributed by atoms with van der Waals surface area (Å²) in [6.07, 6.45) is 1.48. The summed E-state index contributed by atoms with van der Waals surface area (Å²) in [4.78, 5) is 24.5. The lowest BCUT2D eigenvalue weighted by Gasteiger charge is -2.21. The maximum atomic E-state index is 12.6. The van der Waals surface area contributed by atoms with E-state index in [-0.39, 0.29) is 23.4 Å².